The SMILES string of the molecule is c1ccc(-c2nc(-c3ccccc3)nc(-c3ccc(-n4c5ccccc5c5ccccc54)c(-n4c5ccccc5c5ccc(-n6c7ccccc7c7ccc(-n8c9ccccc9c9ccccc98)cc76)cc54)c3)n2)cc1. The quantitative estimate of drug-likeness (QED) is 0.160. The van der Waals surface area contributed by atoms with Gasteiger partial charge in [-0.2, -0.15) is 0 Å². The van der Waals surface area contributed by atoms with E-state index in [1.165, 1.54) is 43.4 Å². The lowest BCUT2D eigenvalue weighted by atomic mass is 10.1. The highest BCUT2D eigenvalue weighted by Crippen LogP contribution is 2.42. The fourth-order valence-electron chi connectivity index (χ4n) is 12.1. The summed E-state index contributed by atoms with van der Waals surface area (Å²) in [5.74, 6) is 1.83. The topological polar surface area (TPSA) is 58.4 Å². The van der Waals surface area contributed by atoms with Gasteiger partial charge in [0, 0.05) is 71.2 Å². The molecule has 0 amide bonds. The summed E-state index contributed by atoms with van der Waals surface area (Å²) in [4.78, 5) is 15.6. The van der Waals surface area contributed by atoms with Gasteiger partial charge in [-0.3, -0.25) is 0 Å². The molecule has 5 aromatic heterocycles. The van der Waals surface area contributed by atoms with Gasteiger partial charge in [0.1, 0.15) is 0 Å². The molecular weight excluding hydrogens is 927 g/mol. The molecule has 0 unspecified atom stereocenters. The number of para-hydroxylation sites is 6. The lowest BCUT2D eigenvalue weighted by Crippen LogP contribution is -2.05. The zero-order valence-electron chi connectivity index (χ0n) is 41.0. The minimum Gasteiger partial charge on any atom is -0.309 e. The standard InChI is InChI=1S/C69H43N7/c1-3-19-44(20-4-1)67-70-68(45-21-5-2-6-22-45)72-69(71-67)46-35-40-63(75-60-32-16-10-25-51(60)52-26-11-17-33-61(52)75)66(41-46)76-62-34-18-12-28-54(62)56-39-37-48(43-65(56)76)74-59-31-15-9-27-53(59)55-38-36-47(42-64(55)74)73-57-29-13-7-23-49(57)50-24-8-14-30-58(50)73/h1-43H. The summed E-state index contributed by atoms with van der Waals surface area (Å²) in [6.45, 7) is 0. The first-order valence-corrected chi connectivity index (χ1v) is 25.8. The Morgan fingerprint density at radius 3 is 0.908 bits per heavy atom. The van der Waals surface area contributed by atoms with Crippen LogP contribution < -0.4 is 0 Å². The van der Waals surface area contributed by atoms with E-state index in [1.807, 2.05) is 36.4 Å². The van der Waals surface area contributed by atoms with Crippen LogP contribution in [0.25, 0.3) is 144 Å². The van der Waals surface area contributed by atoms with E-state index in [0.717, 1.165) is 83.3 Å². The van der Waals surface area contributed by atoms with E-state index in [0.29, 0.717) is 17.5 Å². The maximum atomic E-state index is 5.26. The van der Waals surface area contributed by atoms with Crippen molar-refractivity contribution in [1.82, 2.24) is 33.2 Å². The molecule has 0 radical (unpaired) electrons. The largest absolute Gasteiger partial charge is 0.309 e. The molecule has 0 saturated carbocycles. The van der Waals surface area contributed by atoms with Crippen LogP contribution in [0.4, 0.5) is 0 Å². The van der Waals surface area contributed by atoms with E-state index < -0.39 is 0 Å². The molecule has 0 atom stereocenters. The van der Waals surface area contributed by atoms with Crippen LogP contribution in [0.15, 0.2) is 261 Å². The highest BCUT2D eigenvalue weighted by atomic mass is 15.1. The predicted molar refractivity (Wildman–Crippen MR) is 313 cm³/mol. The fraction of sp³-hybridized carbons (Fsp3) is 0. The smallest absolute Gasteiger partial charge is 0.164 e. The average molecular weight is 970 g/mol. The normalized spacial score (nSPS) is 11.9. The Balaban J connectivity index is 0.983. The first-order valence-electron chi connectivity index (χ1n) is 25.8. The maximum Gasteiger partial charge on any atom is 0.164 e. The second-order valence-electron chi connectivity index (χ2n) is 19.6. The summed E-state index contributed by atoms with van der Waals surface area (Å²) < 4.78 is 9.75. The van der Waals surface area contributed by atoms with Crippen LogP contribution in [0.3, 0.4) is 0 Å². The van der Waals surface area contributed by atoms with E-state index in [1.54, 1.807) is 0 Å². The highest BCUT2D eigenvalue weighted by Gasteiger charge is 2.23. The van der Waals surface area contributed by atoms with E-state index in [9.17, 15) is 0 Å². The number of benzene rings is 11. The zero-order chi connectivity index (χ0) is 49.8. The third-order valence-corrected chi connectivity index (χ3v) is 15.4. The van der Waals surface area contributed by atoms with Crippen LogP contribution in [0.5, 0.6) is 0 Å². The van der Waals surface area contributed by atoms with Crippen LogP contribution in [0, 0.1) is 0 Å². The molecule has 76 heavy (non-hydrogen) atoms. The van der Waals surface area contributed by atoms with Gasteiger partial charge >= 0.3 is 0 Å². The third kappa shape index (κ3) is 6.33. The second kappa shape index (κ2) is 16.6. The molecule has 7 heteroatoms. The molecule has 0 fully saturated rings. The van der Waals surface area contributed by atoms with Gasteiger partial charge in [-0.15, -0.1) is 0 Å². The van der Waals surface area contributed by atoms with Crippen molar-refractivity contribution < 1.29 is 0 Å². The Kier molecular flexibility index (Phi) is 9.20. The van der Waals surface area contributed by atoms with E-state index in [2.05, 4.69) is 243 Å². The minimum absolute atomic E-state index is 0.591. The van der Waals surface area contributed by atoms with Gasteiger partial charge in [-0.05, 0) is 78.9 Å². The zero-order valence-corrected chi connectivity index (χ0v) is 41.0. The van der Waals surface area contributed by atoms with E-state index in [-0.39, 0.29) is 0 Å². The number of hydrogen-bond acceptors (Lipinski definition) is 3. The molecule has 0 aliphatic carbocycles. The molecular formula is C69H43N7. The van der Waals surface area contributed by atoms with Crippen molar-refractivity contribution in [1.29, 1.82) is 0 Å². The predicted octanol–water partition coefficient (Wildman–Crippen LogP) is 17.3. The van der Waals surface area contributed by atoms with Gasteiger partial charge in [-0.1, -0.05) is 182 Å². The van der Waals surface area contributed by atoms with Crippen molar-refractivity contribution >= 4 is 87.2 Å². The average Bonchev–Trinajstić information content (AvgIpc) is 4.39. The Hall–Kier alpha value is -10.4. The minimum atomic E-state index is 0.591. The lowest BCUT2D eigenvalue weighted by Gasteiger charge is -2.19. The van der Waals surface area contributed by atoms with Crippen molar-refractivity contribution in [2.45, 2.75) is 0 Å². The van der Waals surface area contributed by atoms with Gasteiger partial charge in [0.05, 0.1) is 55.5 Å². The number of rotatable bonds is 7. The molecule has 0 spiro atoms. The van der Waals surface area contributed by atoms with Gasteiger partial charge in [0.15, 0.2) is 17.5 Å². The summed E-state index contributed by atoms with van der Waals surface area (Å²) in [5, 5.41) is 9.59. The van der Waals surface area contributed by atoms with Crippen molar-refractivity contribution in [3.05, 3.63) is 261 Å². The maximum absolute atomic E-state index is 5.26. The summed E-state index contributed by atoms with van der Waals surface area (Å²) in [6, 6.07) is 93.6. The summed E-state index contributed by atoms with van der Waals surface area (Å²) in [5.41, 5.74) is 16.0. The molecule has 16 rings (SSSR count). The van der Waals surface area contributed by atoms with Crippen LogP contribution in [0.2, 0.25) is 0 Å². The first-order chi connectivity index (χ1) is 37.7. The van der Waals surface area contributed by atoms with Crippen LogP contribution >= 0.6 is 0 Å². The molecule has 0 saturated heterocycles. The molecule has 0 aliphatic rings. The Morgan fingerprint density at radius 2 is 0.500 bits per heavy atom. The van der Waals surface area contributed by atoms with Crippen molar-refractivity contribution in [3.8, 4) is 56.9 Å². The second-order valence-corrected chi connectivity index (χ2v) is 19.6. The number of hydrogen-bond donors (Lipinski definition) is 0. The monoisotopic (exact) mass is 969 g/mol. The van der Waals surface area contributed by atoms with Gasteiger partial charge in [0.2, 0.25) is 0 Å². The van der Waals surface area contributed by atoms with Crippen LogP contribution in [-0.2, 0) is 0 Å². The van der Waals surface area contributed by atoms with Crippen molar-refractivity contribution in [2.24, 2.45) is 0 Å². The van der Waals surface area contributed by atoms with Crippen molar-refractivity contribution in [2.75, 3.05) is 0 Å². The molecule has 16 aromatic rings. The number of fused-ring (bicyclic) bond motifs is 12. The Morgan fingerprint density at radius 1 is 0.197 bits per heavy atom. The van der Waals surface area contributed by atoms with Crippen LogP contribution in [0.1, 0.15) is 0 Å². The van der Waals surface area contributed by atoms with Gasteiger partial charge in [0.25, 0.3) is 0 Å². The molecule has 0 N–H and O–H groups in total. The van der Waals surface area contributed by atoms with Gasteiger partial charge < -0.3 is 18.3 Å². The van der Waals surface area contributed by atoms with E-state index in [4.69, 9.17) is 15.0 Å². The lowest BCUT2D eigenvalue weighted by molar-refractivity contribution is 1.06. The molecule has 0 aliphatic heterocycles. The molecule has 5 heterocycles. The van der Waals surface area contributed by atoms with Crippen LogP contribution in [-0.4, -0.2) is 33.2 Å². The van der Waals surface area contributed by atoms with Crippen molar-refractivity contribution in [3.63, 3.8) is 0 Å². The molecule has 7 nitrogen and oxygen atoms in total. The third-order valence-electron chi connectivity index (χ3n) is 15.4. The van der Waals surface area contributed by atoms with E-state index >= 15 is 0 Å². The summed E-state index contributed by atoms with van der Waals surface area (Å²) in [7, 11) is 0. The fourth-order valence-corrected chi connectivity index (χ4v) is 12.1. The molecule has 354 valence electrons. The van der Waals surface area contributed by atoms with Gasteiger partial charge in [-0.25, -0.2) is 15.0 Å². The molecule has 11 aromatic carbocycles. The summed E-state index contributed by atoms with van der Waals surface area (Å²) >= 11 is 0. The Bertz CT molecular complexity index is 4830. The highest BCUT2D eigenvalue weighted by molar-refractivity contribution is 6.14. The Labute approximate surface area is 436 Å². The first kappa shape index (κ1) is 42.2. The summed E-state index contributed by atoms with van der Waals surface area (Å²) in [6.07, 6.45) is 0. The number of aromatic nitrogens is 7. The molecule has 0 bridgehead atoms. The number of nitrogens with zero attached hydrogens (tertiary/aromatic N) is 7.